The zero-order chi connectivity index (χ0) is 28.0. The Balaban J connectivity index is 0.00000212. The predicted octanol–water partition coefficient (Wildman–Crippen LogP) is 9.77. The molecular formula is C40H46Li2Si. The topological polar surface area (TPSA) is 0 Å². The van der Waals surface area contributed by atoms with Crippen LogP contribution in [0.3, 0.4) is 0 Å². The molecule has 2 atom stereocenters. The van der Waals surface area contributed by atoms with E-state index in [0.29, 0.717) is 11.8 Å². The van der Waals surface area contributed by atoms with Crippen molar-refractivity contribution in [2.75, 3.05) is 0 Å². The molecule has 4 aromatic rings. The predicted molar refractivity (Wildman–Crippen MR) is 197 cm³/mol. The number of rotatable bonds is 12. The van der Waals surface area contributed by atoms with Crippen LogP contribution in [0.1, 0.15) is 86.5 Å². The van der Waals surface area contributed by atoms with Crippen molar-refractivity contribution in [1.82, 2.24) is 0 Å². The van der Waals surface area contributed by atoms with Gasteiger partial charge in [0.05, 0.1) is 0 Å². The monoisotopic (exact) mass is 568 g/mol. The van der Waals surface area contributed by atoms with Gasteiger partial charge in [-0.05, 0) is 70.2 Å². The number of hydrogen-bond acceptors (Lipinski definition) is 0. The molecule has 4 aromatic carbocycles. The van der Waals surface area contributed by atoms with E-state index in [9.17, 15) is 0 Å². The maximum absolute atomic E-state index is 2.58. The van der Waals surface area contributed by atoms with Gasteiger partial charge in [0.2, 0.25) is 0 Å². The number of benzene rings is 4. The molecule has 0 amide bonds. The summed E-state index contributed by atoms with van der Waals surface area (Å²) in [7, 11) is -0.268. The first kappa shape index (κ1) is 33.7. The van der Waals surface area contributed by atoms with Gasteiger partial charge in [-0.25, -0.2) is 0 Å². The summed E-state index contributed by atoms with van der Waals surface area (Å²) < 4.78 is 0. The van der Waals surface area contributed by atoms with Crippen molar-refractivity contribution >= 4 is 59.4 Å². The summed E-state index contributed by atoms with van der Waals surface area (Å²) in [5.41, 5.74) is 15.0. The van der Waals surface area contributed by atoms with Crippen LogP contribution in [0, 0.1) is 0 Å². The molecule has 3 heteroatoms. The molecule has 0 heterocycles. The molecule has 0 aromatic heterocycles. The van der Waals surface area contributed by atoms with E-state index in [1.165, 1.54) is 84.0 Å². The third-order valence-corrected chi connectivity index (χ3v) is 11.3. The van der Waals surface area contributed by atoms with E-state index in [-0.39, 0.29) is 47.2 Å². The van der Waals surface area contributed by atoms with E-state index in [4.69, 9.17) is 0 Å². The Bertz CT molecular complexity index is 1420. The summed E-state index contributed by atoms with van der Waals surface area (Å²) in [4.78, 5) is 0. The van der Waals surface area contributed by atoms with Crippen molar-refractivity contribution in [3.63, 3.8) is 0 Å². The Hall–Kier alpha value is -2.23. The third kappa shape index (κ3) is 7.37. The summed E-state index contributed by atoms with van der Waals surface area (Å²) in [6.07, 6.45) is 12.8. The third-order valence-electron chi connectivity index (χ3n) is 9.38. The molecule has 0 saturated heterocycles. The van der Waals surface area contributed by atoms with Gasteiger partial charge >= 0.3 is 37.7 Å². The fraction of sp³-hybridized carbons (Fsp3) is 0.300. The van der Waals surface area contributed by atoms with Crippen LogP contribution in [0.4, 0.5) is 0 Å². The fourth-order valence-corrected chi connectivity index (χ4v) is 9.68. The summed E-state index contributed by atoms with van der Waals surface area (Å²) in [5, 5.41) is 0. The van der Waals surface area contributed by atoms with Crippen LogP contribution in [0.2, 0.25) is 12.1 Å². The fourth-order valence-electron chi connectivity index (χ4n) is 7.27. The summed E-state index contributed by atoms with van der Waals surface area (Å²) >= 11 is 0. The van der Waals surface area contributed by atoms with E-state index in [1.807, 2.05) is 0 Å². The SMILES string of the molecule is CCCCC1=Cc2c(-c3ccccc3)cccc2C1C[SiH2]CC1C(CCCC)=Cc2c(-c3ccccc3)cccc21.[LiH].[LiH]. The van der Waals surface area contributed by atoms with E-state index in [2.05, 4.69) is 123 Å². The number of unbranched alkanes of at least 4 members (excludes halogenated alkanes) is 2. The molecule has 0 saturated carbocycles. The molecule has 212 valence electrons. The van der Waals surface area contributed by atoms with Gasteiger partial charge in [0.1, 0.15) is 0 Å². The summed E-state index contributed by atoms with van der Waals surface area (Å²) in [5.74, 6) is 1.23. The van der Waals surface area contributed by atoms with E-state index in [1.54, 1.807) is 22.3 Å². The molecule has 0 radical (unpaired) electrons. The van der Waals surface area contributed by atoms with Crippen molar-refractivity contribution < 1.29 is 0 Å². The molecule has 2 unspecified atom stereocenters. The van der Waals surface area contributed by atoms with Crippen LogP contribution in [0.25, 0.3) is 34.4 Å². The van der Waals surface area contributed by atoms with Crippen LogP contribution >= 0.6 is 0 Å². The first-order valence-electron chi connectivity index (χ1n) is 16.1. The second kappa shape index (κ2) is 16.2. The first-order valence-corrected chi connectivity index (χ1v) is 18.1. The van der Waals surface area contributed by atoms with Crippen molar-refractivity contribution in [3.8, 4) is 22.3 Å². The maximum atomic E-state index is 2.58. The average Bonchev–Trinajstić information content (AvgIpc) is 3.57. The van der Waals surface area contributed by atoms with Crippen LogP contribution in [-0.4, -0.2) is 47.2 Å². The van der Waals surface area contributed by atoms with Gasteiger partial charge in [0, 0.05) is 21.4 Å². The van der Waals surface area contributed by atoms with Gasteiger partial charge in [-0.3, -0.25) is 0 Å². The molecule has 0 spiro atoms. The van der Waals surface area contributed by atoms with Gasteiger partial charge in [-0.15, -0.1) is 0 Å². The van der Waals surface area contributed by atoms with Crippen molar-refractivity contribution in [2.45, 2.75) is 76.3 Å². The first-order chi connectivity index (χ1) is 20.3. The average molecular weight is 569 g/mol. The Morgan fingerprint density at radius 3 is 1.33 bits per heavy atom. The van der Waals surface area contributed by atoms with Crippen LogP contribution in [0.5, 0.6) is 0 Å². The van der Waals surface area contributed by atoms with Crippen LogP contribution in [0.15, 0.2) is 108 Å². The molecule has 0 fully saturated rings. The molecule has 43 heavy (non-hydrogen) atoms. The van der Waals surface area contributed by atoms with Crippen molar-refractivity contribution in [1.29, 1.82) is 0 Å². The van der Waals surface area contributed by atoms with Gasteiger partial charge in [0.25, 0.3) is 0 Å². The molecule has 0 bridgehead atoms. The Kier molecular flexibility index (Phi) is 12.7. The van der Waals surface area contributed by atoms with Crippen LogP contribution < -0.4 is 0 Å². The van der Waals surface area contributed by atoms with Gasteiger partial charge < -0.3 is 0 Å². The standard InChI is InChI=1S/C40H44Si.2Li.2H/c1-3-5-15-31-25-37-33(29-17-9-7-10-18-29)21-13-23-35(37)39(31)27-41-28-40-32(16-6-4-2)26-38-34(22-14-24-36(38)40)30-19-11-8-12-20-30;;;;/h7-14,17-26,39-40H,3-6,15-16,27-28,41H2,1-2H3;;;;. The van der Waals surface area contributed by atoms with Crippen molar-refractivity contribution in [2.24, 2.45) is 0 Å². The molecule has 2 aliphatic rings. The van der Waals surface area contributed by atoms with Crippen LogP contribution in [-0.2, 0) is 0 Å². The Labute approximate surface area is 286 Å². The normalized spacial score (nSPS) is 16.7. The molecule has 0 aliphatic heterocycles. The molecular weight excluding hydrogens is 522 g/mol. The minimum absolute atomic E-state index is 0. The van der Waals surface area contributed by atoms with E-state index in [0.717, 1.165) is 0 Å². The van der Waals surface area contributed by atoms with E-state index < -0.39 is 0 Å². The Morgan fingerprint density at radius 2 is 0.930 bits per heavy atom. The van der Waals surface area contributed by atoms with E-state index >= 15 is 0 Å². The Morgan fingerprint density at radius 1 is 0.512 bits per heavy atom. The second-order valence-electron chi connectivity index (χ2n) is 12.0. The molecule has 0 nitrogen and oxygen atoms in total. The second-order valence-corrected chi connectivity index (χ2v) is 13.9. The van der Waals surface area contributed by atoms with Gasteiger partial charge in [0.15, 0.2) is 0 Å². The molecule has 6 rings (SSSR count). The quantitative estimate of drug-likeness (QED) is 0.149. The minimum atomic E-state index is -0.268. The summed E-state index contributed by atoms with van der Waals surface area (Å²) in [6.45, 7) is 4.65. The van der Waals surface area contributed by atoms with Crippen molar-refractivity contribution in [3.05, 3.63) is 130 Å². The molecule has 0 N–H and O–H groups in total. The van der Waals surface area contributed by atoms with Gasteiger partial charge in [-0.1, -0.05) is 159 Å². The molecule has 2 aliphatic carbocycles. The number of fused-ring (bicyclic) bond motifs is 2. The number of hydrogen-bond donors (Lipinski definition) is 0. The zero-order valence-corrected chi connectivity index (χ0v) is 26.3. The zero-order valence-electron chi connectivity index (χ0n) is 24.9. The van der Waals surface area contributed by atoms with Gasteiger partial charge in [-0.2, -0.15) is 0 Å². The number of allylic oxidation sites excluding steroid dienone is 2. The summed E-state index contributed by atoms with van der Waals surface area (Å²) in [6, 6.07) is 38.9.